The Hall–Kier alpha value is -1.67. The number of ether oxygens (including phenoxy) is 1. The third kappa shape index (κ3) is 3.01. The number of rotatable bonds is 3. The lowest BCUT2D eigenvalue weighted by Gasteiger charge is -2.19. The lowest BCUT2D eigenvalue weighted by atomic mass is 10.1. The average molecular weight is 336 g/mol. The van der Waals surface area contributed by atoms with E-state index in [-0.39, 0.29) is 24.2 Å². The lowest BCUT2D eigenvalue weighted by Crippen LogP contribution is -2.29. The van der Waals surface area contributed by atoms with Gasteiger partial charge in [-0.25, -0.2) is 17.6 Å². The third-order valence-electron chi connectivity index (χ3n) is 3.15. The molecule has 1 saturated heterocycles. The van der Waals surface area contributed by atoms with Crippen molar-refractivity contribution in [1.82, 2.24) is 0 Å². The molecule has 21 heavy (non-hydrogen) atoms. The van der Waals surface area contributed by atoms with Crippen LogP contribution in [-0.2, 0) is 18.6 Å². The number of para-hydroxylation sites is 1. The van der Waals surface area contributed by atoms with E-state index in [2.05, 4.69) is 4.74 Å². The second-order valence-electron chi connectivity index (χ2n) is 4.43. The molecule has 0 N–H and O–H groups in total. The smallest absolute Gasteiger partial charge is 0.340 e. The van der Waals surface area contributed by atoms with Crippen molar-refractivity contribution in [1.29, 1.82) is 0 Å². The molecule has 1 amide bonds. The van der Waals surface area contributed by atoms with Gasteiger partial charge in [-0.1, -0.05) is 6.07 Å². The maximum Gasteiger partial charge on any atom is 0.340 e. The summed E-state index contributed by atoms with van der Waals surface area (Å²) in [6.07, 6.45) is -0.360. The van der Waals surface area contributed by atoms with Crippen LogP contribution >= 0.6 is 10.7 Å². The molecule has 0 aliphatic carbocycles. The van der Waals surface area contributed by atoms with Crippen molar-refractivity contribution < 1.29 is 27.1 Å². The van der Waals surface area contributed by atoms with E-state index >= 15 is 0 Å². The molecular formula is C12H11ClFNO5S. The van der Waals surface area contributed by atoms with Gasteiger partial charge in [0.25, 0.3) is 0 Å². The summed E-state index contributed by atoms with van der Waals surface area (Å²) in [6.45, 7) is -0.310. The molecular weight excluding hydrogens is 325 g/mol. The number of hydrogen-bond acceptors (Lipinski definition) is 5. The number of esters is 1. The predicted molar refractivity (Wildman–Crippen MR) is 73.3 cm³/mol. The van der Waals surface area contributed by atoms with Crippen LogP contribution in [0.25, 0.3) is 0 Å². The van der Waals surface area contributed by atoms with Crippen LogP contribution in [-0.4, -0.2) is 39.2 Å². The van der Waals surface area contributed by atoms with Gasteiger partial charge in [-0.3, -0.25) is 4.79 Å². The van der Waals surface area contributed by atoms with Crippen LogP contribution in [0.2, 0.25) is 0 Å². The number of halogens is 2. The zero-order valence-electron chi connectivity index (χ0n) is 10.9. The molecule has 1 atom stereocenters. The van der Waals surface area contributed by atoms with E-state index < -0.39 is 32.0 Å². The Kier molecular flexibility index (Phi) is 4.20. The quantitative estimate of drug-likeness (QED) is 0.614. The van der Waals surface area contributed by atoms with Gasteiger partial charge in [0.1, 0.15) is 11.1 Å². The molecule has 0 bridgehead atoms. The van der Waals surface area contributed by atoms with E-state index in [1.165, 1.54) is 12.1 Å². The minimum atomic E-state index is -3.96. The Morgan fingerprint density at radius 2 is 2.14 bits per heavy atom. The third-order valence-corrected chi connectivity index (χ3v) is 5.02. The molecule has 6 nitrogen and oxygen atoms in total. The highest BCUT2D eigenvalue weighted by Gasteiger charge is 2.40. The molecule has 0 radical (unpaired) electrons. The number of nitrogens with zero attached hydrogens (tertiary/aromatic N) is 1. The van der Waals surface area contributed by atoms with Crippen molar-refractivity contribution in [3.63, 3.8) is 0 Å². The molecule has 1 aromatic rings. The first-order chi connectivity index (χ1) is 9.75. The highest BCUT2D eigenvalue weighted by Crippen LogP contribution is 2.31. The van der Waals surface area contributed by atoms with Gasteiger partial charge in [0.05, 0.1) is 18.4 Å². The van der Waals surface area contributed by atoms with Crippen LogP contribution in [0.1, 0.15) is 16.8 Å². The zero-order chi connectivity index (χ0) is 15.8. The number of methoxy groups -OCH3 is 1. The maximum atomic E-state index is 14.0. The summed E-state index contributed by atoms with van der Waals surface area (Å²) in [4.78, 5) is 24.5. The Labute approximate surface area is 124 Å². The molecule has 0 aromatic heterocycles. The van der Waals surface area contributed by atoms with Crippen molar-refractivity contribution >= 4 is 37.3 Å². The molecule has 1 unspecified atom stereocenters. The van der Waals surface area contributed by atoms with Gasteiger partial charge < -0.3 is 9.64 Å². The lowest BCUT2D eigenvalue weighted by molar-refractivity contribution is -0.117. The molecule has 1 aliphatic heterocycles. The predicted octanol–water partition coefficient (Wildman–Crippen LogP) is 1.29. The number of anilines is 1. The normalized spacial score (nSPS) is 18.9. The van der Waals surface area contributed by atoms with E-state index in [9.17, 15) is 22.4 Å². The van der Waals surface area contributed by atoms with Gasteiger partial charge >= 0.3 is 5.97 Å². The fraction of sp³-hybridized carbons (Fsp3) is 0.333. The van der Waals surface area contributed by atoms with Gasteiger partial charge in [-0.15, -0.1) is 0 Å². The number of amides is 1. The van der Waals surface area contributed by atoms with Crippen LogP contribution < -0.4 is 4.90 Å². The molecule has 0 saturated carbocycles. The first-order valence-corrected chi connectivity index (χ1v) is 8.23. The first kappa shape index (κ1) is 15.7. The van der Waals surface area contributed by atoms with E-state index in [0.717, 1.165) is 18.1 Å². The summed E-state index contributed by atoms with van der Waals surface area (Å²) in [5, 5.41) is -1.14. The first-order valence-electron chi connectivity index (χ1n) is 5.86. The summed E-state index contributed by atoms with van der Waals surface area (Å²) in [5.74, 6) is -2.27. The minimum absolute atomic E-state index is 0.154. The van der Waals surface area contributed by atoms with E-state index in [4.69, 9.17) is 10.7 Å². The topological polar surface area (TPSA) is 80.8 Å². The standard InChI is InChI=1S/C12H11ClFNO5S/c1-20-12(17)8-3-2-4-9(14)11(8)15-6-7(5-10(15)16)21(13,18)19/h2-4,7H,5-6H2,1H3. The van der Waals surface area contributed by atoms with Crippen LogP contribution in [0.5, 0.6) is 0 Å². The van der Waals surface area contributed by atoms with Gasteiger partial charge in [-0.05, 0) is 12.1 Å². The Balaban J connectivity index is 2.48. The van der Waals surface area contributed by atoms with E-state index in [0.29, 0.717) is 0 Å². The molecule has 1 aliphatic rings. The summed E-state index contributed by atoms with van der Waals surface area (Å²) in [7, 11) is 2.40. The highest BCUT2D eigenvalue weighted by atomic mass is 35.7. The second-order valence-corrected chi connectivity index (χ2v) is 7.34. The van der Waals surface area contributed by atoms with Crippen molar-refractivity contribution in [2.24, 2.45) is 0 Å². The van der Waals surface area contributed by atoms with E-state index in [1.54, 1.807) is 0 Å². The molecule has 114 valence electrons. The second kappa shape index (κ2) is 5.61. The van der Waals surface area contributed by atoms with Crippen LogP contribution in [0.3, 0.4) is 0 Å². The highest BCUT2D eigenvalue weighted by molar-refractivity contribution is 8.14. The summed E-state index contributed by atoms with van der Waals surface area (Å²) in [6, 6.07) is 3.65. The molecule has 2 rings (SSSR count). The number of benzene rings is 1. The molecule has 9 heteroatoms. The summed E-state index contributed by atoms with van der Waals surface area (Å²) < 4.78 is 41.2. The van der Waals surface area contributed by atoms with E-state index in [1.807, 2.05) is 0 Å². The SMILES string of the molecule is COC(=O)c1cccc(F)c1N1CC(S(=O)(=O)Cl)CC1=O. The fourth-order valence-corrected chi connectivity index (χ4v) is 3.17. The molecule has 1 heterocycles. The average Bonchev–Trinajstić information content (AvgIpc) is 2.79. The monoisotopic (exact) mass is 335 g/mol. The maximum absolute atomic E-state index is 14.0. The van der Waals surface area contributed by atoms with Gasteiger partial charge in [0.15, 0.2) is 0 Å². The fourth-order valence-electron chi connectivity index (χ4n) is 2.14. The summed E-state index contributed by atoms with van der Waals surface area (Å²) in [5.41, 5.74) is -0.448. The number of hydrogen-bond donors (Lipinski definition) is 0. The van der Waals surface area contributed by atoms with Crippen LogP contribution in [0.4, 0.5) is 10.1 Å². The number of carbonyl (C=O) groups is 2. The van der Waals surface area contributed by atoms with Crippen LogP contribution in [0, 0.1) is 5.82 Å². The number of carbonyl (C=O) groups excluding carboxylic acids is 2. The molecule has 1 aromatic carbocycles. The Morgan fingerprint density at radius 3 is 2.67 bits per heavy atom. The Morgan fingerprint density at radius 1 is 1.48 bits per heavy atom. The van der Waals surface area contributed by atoms with Gasteiger partial charge in [0, 0.05) is 23.6 Å². The largest absolute Gasteiger partial charge is 0.465 e. The molecule has 1 fully saturated rings. The summed E-state index contributed by atoms with van der Waals surface area (Å²) >= 11 is 0. The van der Waals surface area contributed by atoms with Crippen molar-refractivity contribution in [2.75, 3.05) is 18.6 Å². The van der Waals surface area contributed by atoms with Crippen molar-refractivity contribution in [2.45, 2.75) is 11.7 Å². The zero-order valence-corrected chi connectivity index (χ0v) is 12.4. The Bertz CT molecular complexity index is 706. The minimum Gasteiger partial charge on any atom is -0.465 e. The van der Waals surface area contributed by atoms with Gasteiger partial charge in [0.2, 0.25) is 15.0 Å². The molecule has 0 spiro atoms. The van der Waals surface area contributed by atoms with Crippen molar-refractivity contribution in [3.05, 3.63) is 29.6 Å². The van der Waals surface area contributed by atoms with Crippen LogP contribution in [0.15, 0.2) is 18.2 Å². The van der Waals surface area contributed by atoms with Crippen molar-refractivity contribution in [3.8, 4) is 0 Å². The van der Waals surface area contributed by atoms with Gasteiger partial charge in [-0.2, -0.15) is 0 Å².